The van der Waals surface area contributed by atoms with Crippen molar-refractivity contribution in [3.8, 4) is 6.07 Å². The van der Waals surface area contributed by atoms with Gasteiger partial charge in [0.15, 0.2) is 0 Å². The first-order valence-corrected chi connectivity index (χ1v) is 8.18. The van der Waals surface area contributed by atoms with Crippen LogP contribution in [-0.4, -0.2) is 31.2 Å². The van der Waals surface area contributed by atoms with E-state index in [4.69, 9.17) is 4.74 Å². The second-order valence-electron chi connectivity index (χ2n) is 5.91. The average molecular weight is 378 g/mol. The first kappa shape index (κ1) is 15.8. The van der Waals surface area contributed by atoms with Gasteiger partial charge in [0.1, 0.15) is 6.10 Å². The van der Waals surface area contributed by atoms with E-state index >= 15 is 0 Å². The van der Waals surface area contributed by atoms with Crippen molar-refractivity contribution < 1.29 is 14.3 Å². The van der Waals surface area contributed by atoms with Crippen LogP contribution in [0.25, 0.3) is 0 Å². The molecule has 1 aromatic carbocycles. The topological polar surface area (TPSA) is 82.4 Å². The number of anilines is 1. The fourth-order valence-electron chi connectivity index (χ4n) is 2.72. The van der Waals surface area contributed by atoms with Gasteiger partial charge in [-0.3, -0.25) is 9.69 Å². The van der Waals surface area contributed by atoms with Crippen LogP contribution in [0.15, 0.2) is 22.7 Å². The molecule has 0 bridgehead atoms. The van der Waals surface area contributed by atoms with E-state index in [0.717, 1.165) is 22.9 Å². The Hall–Kier alpha value is -2.07. The first-order chi connectivity index (χ1) is 10.9. The molecule has 3 rings (SSSR count). The zero-order valence-electron chi connectivity index (χ0n) is 12.6. The van der Waals surface area contributed by atoms with Crippen molar-refractivity contribution in [1.29, 1.82) is 5.26 Å². The van der Waals surface area contributed by atoms with Crippen LogP contribution in [0.5, 0.6) is 0 Å². The Balaban J connectivity index is 1.75. The molecular formula is C16H16BrN3O3. The van der Waals surface area contributed by atoms with Crippen LogP contribution in [-0.2, 0) is 14.9 Å². The number of rotatable bonds is 4. The second kappa shape index (κ2) is 5.85. The van der Waals surface area contributed by atoms with Gasteiger partial charge in [0.2, 0.25) is 5.91 Å². The molecule has 1 aliphatic carbocycles. The number of nitrogens with one attached hydrogen (secondary N) is 1. The largest absolute Gasteiger partial charge is 0.442 e. The third-order valence-electron chi connectivity index (χ3n) is 4.20. The summed E-state index contributed by atoms with van der Waals surface area (Å²) >= 11 is 3.51. The molecule has 1 aromatic rings. The summed E-state index contributed by atoms with van der Waals surface area (Å²) in [6.45, 7) is 2.11. The fourth-order valence-corrected chi connectivity index (χ4v) is 3.47. The second-order valence-corrected chi connectivity index (χ2v) is 6.77. The Kier molecular flexibility index (Phi) is 4.02. The van der Waals surface area contributed by atoms with Gasteiger partial charge in [0.05, 0.1) is 24.6 Å². The molecule has 1 saturated carbocycles. The van der Waals surface area contributed by atoms with Gasteiger partial charge in [0.25, 0.3) is 0 Å². The van der Waals surface area contributed by atoms with Crippen molar-refractivity contribution in [3.05, 3.63) is 28.2 Å². The number of carbonyl (C=O) groups is 2. The maximum absolute atomic E-state index is 12.0. The van der Waals surface area contributed by atoms with E-state index in [9.17, 15) is 14.9 Å². The van der Waals surface area contributed by atoms with Crippen molar-refractivity contribution in [2.24, 2.45) is 0 Å². The molecule has 6 nitrogen and oxygen atoms in total. The number of cyclic esters (lactones) is 1. The quantitative estimate of drug-likeness (QED) is 0.873. The molecule has 1 unspecified atom stereocenters. The maximum Gasteiger partial charge on any atom is 0.414 e. The Morgan fingerprint density at radius 2 is 2.30 bits per heavy atom. The molecule has 120 valence electrons. The predicted molar refractivity (Wildman–Crippen MR) is 87.0 cm³/mol. The first-order valence-electron chi connectivity index (χ1n) is 7.39. The van der Waals surface area contributed by atoms with Gasteiger partial charge in [-0.2, -0.15) is 5.26 Å². The van der Waals surface area contributed by atoms with Gasteiger partial charge in [-0.25, -0.2) is 4.79 Å². The number of halogens is 1. The third-order valence-corrected chi connectivity index (χ3v) is 4.85. The maximum atomic E-state index is 12.0. The summed E-state index contributed by atoms with van der Waals surface area (Å²) in [5.74, 6) is -0.155. The van der Waals surface area contributed by atoms with Crippen molar-refractivity contribution in [2.45, 2.75) is 31.3 Å². The monoisotopic (exact) mass is 377 g/mol. The minimum Gasteiger partial charge on any atom is -0.442 e. The molecule has 2 fully saturated rings. The number of ether oxygens (including phenoxy) is 1. The molecule has 1 N–H and O–H groups in total. The molecule has 1 atom stereocenters. The number of carbonyl (C=O) groups excluding carboxylic acids is 2. The number of nitriles is 1. The summed E-state index contributed by atoms with van der Waals surface area (Å²) in [7, 11) is 0. The summed E-state index contributed by atoms with van der Waals surface area (Å²) in [5.41, 5.74) is 1.30. The van der Waals surface area contributed by atoms with E-state index in [1.807, 2.05) is 18.2 Å². The third kappa shape index (κ3) is 3.04. The van der Waals surface area contributed by atoms with Crippen LogP contribution < -0.4 is 10.2 Å². The average Bonchev–Trinajstić information content (AvgIpc) is 3.22. The normalized spacial score (nSPS) is 21.5. The number of hydrogen-bond donors (Lipinski definition) is 1. The van der Waals surface area contributed by atoms with Crippen LogP contribution in [0, 0.1) is 11.3 Å². The van der Waals surface area contributed by atoms with Crippen LogP contribution in [0.4, 0.5) is 10.5 Å². The number of nitrogens with zero attached hydrogens (tertiary/aromatic N) is 2. The highest BCUT2D eigenvalue weighted by Crippen LogP contribution is 2.50. The molecule has 1 saturated heterocycles. The highest BCUT2D eigenvalue weighted by molar-refractivity contribution is 9.10. The van der Waals surface area contributed by atoms with E-state index in [1.165, 1.54) is 11.8 Å². The Morgan fingerprint density at radius 3 is 2.87 bits per heavy atom. The van der Waals surface area contributed by atoms with Gasteiger partial charge in [-0.15, -0.1) is 0 Å². The zero-order valence-corrected chi connectivity index (χ0v) is 14.2. The highest BCUT2D eigenvalue weighted by atomic mass is 79.9. The lowest BCUT2D eigenvalue weighted by Gasteiger charge is -2.16. The fraction of sp³-hybridized carbons (Fsp3) is 0.438. The van der Waals surface area contributed by atoms with Crippen LogP contribution in [0.1, 0.15) is 25.3 Å². The molecule has 0 radical (unpaired) electrons. The van der Waals surface area contributed by atoms with Gasteiger partial charge in [-0.05, 0) is 30.5 Å². The lowest BCUT2D eigenvalue weighted by molar-refractivity contribution is -0.119. The molecule has 0 aromatic heterocycles. The lowest BCUT2D eigenvalue weighted by Crippen LogP contribution is -2.33. The van der Waals surface area contributed by atoms with E-state index in [2.05, 4.69) is 27.3 Å². The molecule has 2 aliphatic rings. The molecule has 1 heterocycles. The summed E-state index contributed by atoms with van der Waals surface area (Å²) in [5, 5.41) is 12.0. The van der Waals surface area contributed by atoms with E-state index in [0.29, 0.717) is 18.8 Å². The summed E-state index contributed by atoms with van der Waals surface area (Å²) in [6.07, 6.45) is 0.943. The Morgan fingerprint density at radius 1 is 1.57 bits per heavy atom. The molecule has 7 heteroatoms. The van der Waals surface area contributed by atoms with Crippen molar-refractivity contribution >= 4 is 33.6 Å². The lowest BCUT2D eigenvalue weighted by atomic mass is 9.97. The molecule has 23 heavy (non-hydrogen) atoms. The minimum absolute atomic E-state index is 0.155. The summed E-state index contributed by atoms with van der Waals surface area (Å²) in [4.78, 5) is 24.5. The Bertz CT molecular complexity index is 709. The molecule has 0 spiro atoms. The van der Waals surface area contributed by atoms with Gasteiger partial charge in [0, 0.05) is 17.1 Å². The number of benzene rings is 1. The zero-order chi connectivity index (χ0) is 16.6. The van der Waals surface area contributed by atoms with Gasteiger partial charge in [-0.1, -0.05) is 22.0 Å². The van der Waals surface area contributed by atoms with Gasteiger partial charge >= 0.3 is 6.09 Å². The van der Waals surface area contributed by atoms with Crippen LogP contribution >= 0.6 is 15.9 Å². The number of amides is 2. The smallest absolute Gasteiger partial charge is 0.414 e. The Labute approximate surface area is 142 Å². The van der Waals surface area contributed by atoms with Gasteiger partial charge < -0.3 is 10.1 Å². The SMILES string of the molecule is CC(=O)NCC1CN(c2ccc(C3(C#N)CC3)c(Br)c2)C(=O)O1. The minimum atomic E-state index is -0.429. The summed E-state index contributed by atoms with van der Waals surface area (Å²) < 4.78 is 6.08. The molecule has 1 aliphatic heterocycles. The number of hydrogen-bond acceptors (Lipinski definition) is 4. The van der Waals surface area contributed by atoms with E-state index in [-0.39, 0.29) is 17.4 Å². The van der Waals surface area contributed by atoms with Crippen molar-refractivity contribution in [2.75, 3.05) is 18.0 Å². The molecule has 2 amide bonds. The van der Waals surface area contributed by atoms with Crippen LogP contribution in [0.2, 0.25) is 0 Å². The van der Waals surface area contributed by atoms with Crippen molar-refractivity contribution in [1.82, 2.24) is 5.32 Å². The van der Waals surface area contributed by atoms with E-state index < -0.39 is 6.09 Å². The standard InChI is InChI=1S/C16H16BrN3O3/c1-10(21)19-7-12-8-20(15(22)23-12)11-2-3-13(14(17)6-11)16(9-18)4-5-16/h2-3,6,12H,4-5,7-8H2,1H3,(H,19,21). The summed E-state index contributed by atoms with van der Waals surface area (Å²) in [6, 6.07) is 7.93. The van der Waals surface area contributed by atoms with E-state index in [1.54, 1.807) is 0 Å². The predicted octanol–water partition coefficient (Wildman–Crippen LogP) is 2.47. The highest BCUT2D eigenvalue weighted by Gasteiger charge is 2.46. The molecular weight excluding hydrogens is 362 g/mol. The van der Waals surface area contributed by atoms with Crippen LogP contribution in [0.3, 0.4) is 0 Å². The van der Waals surface area contributed by atoms with Crippen molar-refractivity contribution in [3.63, 3.8) is 0 Å².